The maximum atomic E-state index is 12.0. The third-order valence-electron chi connectivity index (χ3n) is 2.58. The predicted molar refractivity (Wildman–Crippen MR) is 67.8 cm³/mol. The van der Waals surface area contributed by atoms with Crippen LogP contribution in [0, 0.1) is 0 Å². The van der Waals surface area contributed by atoms with Crippen molar-refractivity contribution in [2.24, 2.45) is 0 Å². The molecule has 0 fully saturated rings. The summed E-state index contributed by atoms with van der Waals surface area (Å²) in [5.41, 5.74) is 0. The van der Waals surface area contributed by atoms with E-state index in [0.717, 1.165) is 12.0 Å². The van der Waals surface area contributed by atoms with Gasteiger partial charge in [-0.3, -0.25) is 0 Å². The van der Waals surface area contributed by atoms with Gasteiger partial charge >= 0.3 is 8.03 Å². The Balaban J connectivity index is 1.93. The standard InChI is InChI=1S/C12H16N2O2P/c1-11(14-9-8-13(2)10-14)16-17(15)12-6-4-3-5-7-12/h3-9,11H,10H2,1-2H3/q+1. The van der Waals surface area contributed by atoms with Crippen LogP contribution in [0.4, 0.5) is 0 Å². The van der Waals surface area contributed by atoms with Gasteiger partial charge in [0.25, 0.3) is 0 Å². The van der Waals surface area contributed by atoms with Crippen molar-refractivity contribution in [3.8, 4) is 0 Å². The van der Waals surface area contributed by atoms with Gasteiger partial charge in [0, 0.05) is 19.4 Å². The van der Waals surface area contributed by atoms with Crippen LogP contribution >= 0.6 is 8.03 Å². The monoisotopic (exact) mass is 251 g/mol. The Morgan fingerprint density at radius 1 is 1.29 bits per heavy atom. The molecule has 0 aliphatic carbocycles. The number of rotatable bonds is 4. The number of hydrogen-bond acceptors (Lipinski definition) is 4. The molecule has 5 heteroatoms. The second-order valence-electron chi connectivity index (χ2n) is 4.01. The first-order valence-corrected chi connectivity index (χ1v) is 6.68. The van der Waals surface area contributed by atoms with Gasteiger partial charge in [-0.2, -0.15) is 0 Å². The summed E-state index contributed by atoms with van der Waals surface area (Å²) in [6, 6.07) is 9.25. The molecule has 0 amide bonds. The van der Waals surface area contributed by atoms with Crippen molar-refractivity contribution in [1.29, 1.82) is 0 Å². The van der Waals surface area contributed by atoms with Crippen LogP contribution in [-0.2, 0) is 9.09 Å². The summed E-state index contributed by atoms with van der Waals surface area (Å²) in [6.07, 6.45) is 3.72. The van der Waals surface area contributed by atoms with Crippen LogP contribution in [0.5, 0.6) is 0 Å². The second kappa shape index (κ2) is 5.30. The minimum atomic E-state index is -1.79. The first kappa shape index (κ1) is 12.1. The van der Waals surface area contributed by atoms with Gasteiger partial charge in [-0.15, -0.1) is 4.52 Å². The van der Waals surface area contributed by atoms with E-state index >= 15 is 0 Å². The lowest BCUT2D eigenvalue weighted by molar-refractivity contribution is 0.0754. The van der Waals surface area contributed by atoms with Crippen LogP contribution in [0.2, 0.25) is 0 Å². The zero-order valence-corrected chi connectivity index (χ0v) is 10.9. The van der Waals surface area contributed by atoms with E-state index in [1.807, 2.05) is 66.5 Å². The van der Waals surface area contributed by atoms with Crippen LogP contribution in [0.15, 0.2) is 42.7 Å². The minimum Gasteiger partial charge on any atom is -0.362 e. The Hall–Kier alpha value is -1.38. The van der Waals surface area contributed by atoms with Crippen molar-refractivity contribution in [2.45, 2.75) is 13.2 Å². The van der Waals surface area contributed by atoms with E-state index in [0.29, 0.717) is 0 Å². The summed E-state index contributed by atoms with van der Waals surface area (Å²) < 4.78 is 17.5. The van der Waals surface area contributed by atoms with Crippen LogP contribution < -0.4 is 5.30 Å². The highest BCUT2D eigenvalue weighted by Gasteiger charge is 2.28. The zero-order chi connectivity index (χ0) is 12.3. The highest BCUT2D eigenvalue weighted by Crippen LogP contribution is 2.26. The van der Waals surface area contributed by atoms with Crippen molar-refractivity contribution >= 4 is 13.3 Å². The molecule has 0 aromatic heterocycles. The molecular weight excluding hydrogens is 235 g/mol. The number of nitrogens with zero attached hydrogens (tertiary/aromatic N) is 2. The van der Waals surface area contributed by atoms with Crippen LogP contribution in [-0.4, -0.2) is 29.7 Å². The Morgan fingerprint density at radius 2 is 2.00 bits per heavy atom. The lowest BCUT2D eigenvalue weighted by atomic mass is 10.4. The quantitative estimate of drug-likeness (QED) is 0.767. The summed E-state index contributed by atoms with van der Waals surface area (Å²) >= 11 is 0. The molecule has 1 heterocycles. The van der Waals surface area contributed by atoms with Crippen LogP contribution in [0.25, 0.3) is 0 Å². The van der Waals surface area contributed by atoms with Crippen molar-refractivity contribution < 1.29 is 9.09 Å². The summed E-state index contributed by atoms with van der Waals surface area (Å²) in [5, 5.41) is 0.728. The molecule has 90 valence electrons. The van der Waals surface area contributed by atoms with Gasteiger partial charge in [0.2, 0.25) is 5.30 Å². The molecule has 1 aromatic rings. The van der Waals surface area contributed by atoms with Crippen LogP contribution in [0.3, 0.4) is 0 Å². The predicted octanol–water partition coefficient (Wildman–Crippen LogP) is 2.09. The maximum Gasteiger partial charge on any atom is 0.550 e. The van der Waals surface area contributed by atoms with Crippen LogP contribution in [0.1, 0.15) is 6.92 Å². The van der Waals surface area contributed by atoms with Gasteiger partial charge in [0.05, 0.1) is 6.67 Å². The third-order valence-corrected chi connectivity index (χ3v) is 3.80. The van der Waals surface area contributed by atoms with Crippen molar-refractivity contribution in [3.05, 3.63) is 42.7 Å². The summed E-state index contributed by atoms with van der Waals surface area (Å²) in [4.78, 5) is 4.03. The highest BCUT2D eigenvalue weighted by atomic mass is 31.1. The van der Waals surface area contributed by atoms with E-state index < -0.39 is 8.03 Å². The van der Waals surface area contributed by atoms with Gasteiger partial charge in [-0.05, 0) is 23.6 Å². The highest BCUT2D eigenvalue weighted by molar-refractivity contribution is 7.48. The fourth-order valence-electron chi connectivity index (χ4n) is 1.60. The molecule has 0 N–H and O–H groups in total. The Bertz CT molecular complexity index is 422. The largest absolute Gasteiger partial charge is 0.550 e. The Labute approximate surface area is 102 Å². The topological polar surface area (TPSA) is 32.8 Å². The molecule has 1 aromatic carbocycles. The molecule has 2 rings (SSSR count). The van der Waals surface area contributed by atoms with E-state index in [2.05, 4.69) is 0 Å². The molecule has 2 unspecified atom stereocenters. The smallest absolute Gasteiger partial charge is 0.362 e. The molecule has 0 saturated carbocycles. The lowest BCUT2D eigenvalue weighted by Gasteiger charge is -2.20. The Kier molecular flexibility index (Phi) is 3.77. The molecule has 17 heavy (non-hydrogen) atoms. The van der Waals surface area contributed by atoms with Gasteiger partial charge in [-0.25, -0.2) is 0 Å². The molecule has 0 saturated heterocycles. The molecule has 0 radical (unpaired) electrons. The molecule has 0 bridgehead atoms. The molecule has 4 nitrogen and oxygen atoms in total. The van der Waals surface area contributed by atoms with Crippen molar-refractivity contribution in [3.63, 3.8) is 0 Å². The molecule has 1 aliphatic rings. The fourth-order valence-corrected chi connectivity index (χ4v) is 2.53. The normalized spacial score (nSPS) is 17.4. The average Bonchev–Trinajstić information content (AvgIpc) is 2.77. The summed E-state index contributed by atoms with van der Waals surface area (Å²) in [7, 11) is 0.197. The average molecular weight is 251 g/mol. The second-order valence-corrected chi connectivity index (χ2v) is 5.25. The van der Waals surface area contributed by atoms with Crippen molar-refractivity contribution in [1.82, 2.24) is 9.80 Å². The minimum absolute atomic E-state index is 0.194. The molecule has 0 spiro atoms. The van der Waals surface area contributed by atoms with E-state index in [9.17, 15) is 4.57 Å². The lowest BCUT2D eigenvalue weighted by Crippen LogP contribution is -2.31. The summed E-state index contributed by atoms with van der Waals surface area (Å²) in [5.74, 6) is 0. The third kappa shape index (κ3) is 3.05. The maximum absolute atomic E-state index is 12.0. The zero-order valence-electron chi connectivity index (χ0n) is 9.98. The first-order valence-electron chi connectivity index (χ1n) is 5.50. The van der Waals surface area contributed by atoms with Crippen molar-refractivity contribution in [2.75, 3.05) is 13.7 Å². The summed E-state index contributed by atoms with van der Waals surface area (Å²) in [6.45, 7) is 2.67. The van der Waals surface area contributed by atoms with Gasteiger partial charge in [-0.1, -0.05) is 18.2 Å². The first-order chi connectivity index (χ1) is 8.16. The van der Waals surface area contributed by atoms with E-state index in [4.69, 9.17) is 4.52 Å². The van der Waals surface area contributed by atoms with Gasteiger partial charge < -0.3 is 9.80 Å². The van der Waals surface area contributed by atoms with E-state index in [1.54, 1.807) is 0 Å². The van der Waals surface area contributed by atoms with E-state index in [-0.39, 0.29) is 6.23 Å². The van der Waals surface area contributed by atoms with E-state index in [1.165, 1.54) is 0 Å². The number of hydrogen-bond donors (Lipinski definition) is 0. The molecule has 1 aliphatic heterocycles. The number of benzene rings is 1. The van der Waals surface area contributed by atoms with Gasteiger partial charge in [0.1, 0.15) is 0 Å². The SMILES string of the molecule is CC(O[P+](=O)c1ccccc1)N1C=CN(C)C1. The molecule has 2 atom stereocenters. The Morgan fingerprint density at radius 3 is 2.59 bits per heavy atom. The molecular formula is C12H16N2O2P+. The van der Waals surface area contributed by atoms with Gasteiger partial charge in [0.15, 0.2) is 6.23 Å². The fraction of sp³-hybridized carbons (Fsp3) is 0.333.